The van der Waals surface area contributed by atoms with Crippen molar-refractivity contribution in [2.75, 3.05) is 13.2 Å². The third kappa shape index (κ3) is 30.1. The Hall–Kier alpha value is -2.63. The van der Waals surface area contributed by atoms with Crippen molar-refractivity contribution in [2.45, 2.75) is 211 Å². The first kappa shape index (κ1) is 54.4. The van der Waals surface area contributed by atoms with Gasteiger partial charge in [-0.2, -0.15) is 0 Å². The lowest BCUT2D eigenvalue weighted by atomic mass is 9.99. The van der Waals surface area contributed by atoms with Gasteiger partial charge in [-0.05, 0) is 70.6 Å². The lowest BCUT2D eigenvalue weighted by molar-refractivity contribution is -0.302. The number of nitrogens with one attached hydrogen (secondary N) is 1. The molecule has 0 bridgehead atoms. The second kappa shape index (κ2) is 39.5. The van der Waals surface area contributed by atoms with Crippen molar-refractivity contribution >= 4 is 5.91 Å². The van der Waals surface area contributed by atoms with Crippen LogP contribution >= 0.6 is 0 Å². The number of rotatable bonds is 37. The van der Waals surface area contributed by atoms with Gasteiger partial charge in [0.05, 0.1) is 25.4 Å². The van der Waals surface area contributed by atoms with E-state index < -0.39 is 49.5 Å². The lowest BCUT2D eigenvalue weighted by Crippen LogP contribution is -2.60. The molecule has 0 saturated carbocycles. The molecule has 0 aromatic carbocycles. The van der Waals surface area contributed by atoms with E-state index in [9.17, 15) is 30.3 Å². The normalized spacial score (nSPS) is 21.5. The molecule has 0 aromatic heterocycles. The Balaban J connectivity index is 2.12. The van der Waals surface area contributed by atoms with Crippen molar-refractivity contribution < 1.29 is 39.8 Å². The Morgan fingerprint density at radius 1 is 0.593 bits per heavy atom. The first-order valence-electron chi connectivity index (χ1n) is 23.3. The van der Waals surface area contributed by atoms with Crippen molar-refractivity contribution in [1.82, 2.24) is 5.32 Å². The van der Waals surface area contributed by atoms with Crippen LogP contribution in [0.2, 0.25) is 0 Å². The summed E-state index contributed by atoms with van der Waals surface area (Å²) in [6.45, 7) is 3.60. The summed E-state index contributed by atoms with van der Waals surface area (Å²) in [6.07, 6.45) is 47.9. The minimum absolute atomic E-state index is 0.148. The van der Waals surface area contributed by atoms with Crippen LogP contribution < -0.4 is 5.32 Å². The number of unbranched alkanes of at least 4 members (excludes halogenated alkanes) is 13. The van der Waals surface area contributed by atoms with Crippen molar-refractivity contribution in [1.29, 1.82) is 0 Å². The topological polar surface area (TPSA) is 149 Å². The SMILES string of the molecule is CC/C=C\C/C=C\C/C=C\C/C=C\C/C=C\C/C=C\C/C=C\CCCCCCCCCCCC(=O)NC(COC1OC(CO)C(O)C(O)C1O)C(O)CCCCCCC. The standard InChI is InChI=1S/C50H85NO8/c1-3-5-7-9-10-11-12-13-14-15-16-17-18-19-20-21-22-23-24-25-26-27-28-29-30-31-32-33-34-36-38-40-46(54)51-43(44(53)39-37-35-8-6-4-2)42-58-50-49(57)48(56)47(55)45(41-52)59-50/h5,7,10-11,13-14,16-17,19-20,22-23,25-26,43-45,47-50,52-53,55-57H,3-4,6,8-9,12,15,18,21,24,27-42H2,1-2H3,(H,51,54)/b7-5-,11-10-,14-13-,17-16-,20-19-,23-22-,26-25-. The van der Waals surface area contributed by atoms with Gasteiger partial charge in [0.25, 0.3) is 0 Å². The fourth-order valence-electron chi connectivity index (χ4n) is 6.79. The maximum atomic E-state index is 12.9. The molecule has 1 rings (SSSR count). The van der Waals surface area contributed by atoms with Gasteiger partial charge < -0.3 is 40.3 Å². The van der Waals surface area contributed by atoms with Crippen LogP contribution in [-0.2, 0) is 14.3 Å². The minimum atomic E-state index is -1.56. The van der Waals surface area contributed by atoms with Gasteiger partial charge >= 0.3 is 0 Å². The summed E-state index contributed by atoms with van der Waals surface area (Å²) < 4.78 is 11.2. The molecule has 59 heavy (non-hydrogen) atoms. The van der Waals surface area contributed by atoms with Gasteiger partial charge in [-0.3, -0.25) is 4.79 Å². The van der Waals surface area contributed by atoms with Gasteiger partial charge in [-0.1, -0.05) is 176 Å². The van der Waals surface area contributed by atoms with Gasteiger partial charge in [0.1, 0.15) is 24.4 Å². The monoisotopic (exact) mass is 828 g/mol. The number of hydrogen-bond donors (Lipinski definition) is 6. The molecule has 0 radical (unpaired) electrons. The average molecular weight is 828 g/mol. The molecule has 7 atom stereocenters. The van der Waals surface area contributed by atoms with Crippen molar-refractivity contribution in [3.05, 3.63) is 85.1 Å². The third-order valence-corrected chi connectivity index (χ3v) is 10.5. The maximum absolute atomic E-state index is 12.9. The molecule has 338 valence electrons. The molecular weight excluding hydrogens is 743 g/mol. The summed E-state index contributed by atoms with van der Waals surface area (Å²) in [5, 5.41) is 53.9. The van der Waals surface area contributed by atoms with E-state index in [-0.39, 0.29) is 12.5 Å². The second-order valence-electron chi connectivity index (χ2n) is 15.8. The molecule has 1 aliphatic rings. The Bertz CT molecular complexity index is 1190. The van der Waals surface area contributed by atoms with Gasteiger partial charge in [-0.15, -0.1) is 0 Å². The zero-order chi connectivity index (χ0) is 43.0. The van der Waals surface area contributed by atoms with E-state index in [1.807, 2.05) is 0 Å². The predicted octanol–water partition coefficient (Wildman–Crippen LogP) is 9.94. The zero-order valence-corrected chi connectivity index (χ0v) is 37.0. The lowest BCUT2D eigenvalue weighted by Gasteiger charge is -2.40. The Kier molecular flexibility index (Phi) is 36.4. The number of carbonyl (C=O) groups excluding carboxylic acids is 1. The summed E-state index contributed by atoms with van der Waals surface area (Å²) in [4.78, 5) is 12.9. The summed E-state index contributed by atoms with van der Waals surface area (Å²) in [5.74, 6) is -0.163. The highest BCUT2D eigenvalue weighted by Gasteiger charge is 2.44. The van der Waals surface area contributed by atoms with Crippen molar-refractivity contribution in [3.8, 4) is 0 Å². The summed E-state index contributed by atoms with van der Waals surface area (Å²) in [7, 11) is 0. The zero-order valence-electron chi connectivity index (χ0n) is 37.0. The summed E-state index contributed by atoms with van der Waals surface area (Å²) in [6, 6.07) is -0.723. The smallest absolute Gasteiger partial charge is 0.220 e. The third-order valence-electron chi connectivity index (χ3n) is 10.5. The van der Waals surface area contributed by atoms with E-state index >= 15 is 0 Å². The fourth-order valence-corrected chi connectivity index (χ4v) is 6.79. The van der Waals surface area contributed by atoms with E-state index in [1.54, 1.807) is 0 Å². The number of amides is 1. The van der Waals surface area contributed by atoms with Crippen LogP contribution in [0.15, 0.2) is 85.1 Å². The molecule has 9 nitrogen and oxygen atoms in total. The molecule has 7 unspecified atom stereocenters. The molecule has 9 heteroatoms. The molecule has 0 aliphatic carbocycles. The van der Waals surface area contributed by atoms with Crippen LogP contribution in [0.25, 0.3) is 0 Å². The quantitative estimate of drug-likeness (QED) is 0.0268. The number of aliphatic hydroxyl groups excluding tert-OH is 5. The van der Waals surface area contributed by atoms with Gasteiger partial charge in [0, 0.05) is 6.42 Å². The highest BCUT2D eigenvalue weighted by molar-refractivity contribution is 5.76. The van der Waals surface area contributed by atoms with Crippen LogP contribution in [-0.4, -0.2) is 87.5 Å². The van der Waals surface area contributed by atoms with Crippen molar-refractivity contribution in [3.63, 3.8) is 0 Å². The first-order valence-corrected chi connectivity index (χ1v) is 23.3. The molecule has 1 fully saturated rings. The van der Waals surface area contributed by atoms with Gasteiger partial charge in [-0.25, -0.2) is 0 Å². The number of carbonyl (C=O) groups is 1. The van der Waals surface area contributed by atoms with E-state index in [4.69, 9.17) is 9.47 Å². The number of ether oxygens (including phenoxy) is 2. The fraction of sp³-hybridized carbons (Fsp3) is 0.700. The summed E-state index contributed by atoms with van der Waals surface area (Å²) in [5.41, 5.74) is 0. The Morgan fingerprint density at radius 3 is 1.56 bits per heavy atom. The molecule has 1 saturated heterocycles. The van der Waals surface area contributed by atoms with E-state index in [1.165, 1.54) is 38.5 Å². The Labute approximate surface area is 359 Å². The van der Waals surface area contributed by atoms with Crippen LogP contribution in [0.5, 0.6) is 0 Å². The van der Waals surface area contributed by atoms with E-state index in [0.717, 1.165) is 103 Å². The number of hydrogen-bond acceptors (Lipinski definition) is 8. The molecule has 1 amide bonds. The maximum Gasteiger partial charge on any atom is 0.220 e. The summed E-state index contributed by atoms with van der Waals surface area (Å²) >= 11 is 0. The first-order chi connectivity index (χ1) is 28.8. The highest BCUT2D eigenvalue weighted by Crippen LogP contribution is 2.23. The van der Waals surface area contributed by atoms with Gasteiger partial charge in [0.2, 0.25) is 5.91 Å². The largest absolute Gasteiger partial charge is 0.394 e. The van der Waals surface area contributed by atoms with Crippen LogP contribution in [0, 0.1) is 0 Å². The Morgan fingerprint density at radius 2 is 1.05 bits per heavy atom. The van der Waals surface area contributed by atoms with Gasteiger partial charge in [0.15, 0.2) is 6.29 Å². The molecule has 0 spiro atoms. The predicted molar refractivity (Wildman–Crippen MR) is 244 cm³/mol. The molecule has 0 aromatic rings. The van der Waals surface area contributed by atoms with Crippen LogP contribution in [0.3, 0.4) is 0 Å². The minimum Gasteiger partial charge on any atom is -0.394 e. The molecule has 6 N–H and O–H groups in total. The second-order valence-corrected chi connectivity index (χ2v) is 15.8. The van der Waals surface area contributed by atoms with E-state index in [2.05, 4.69) is 104 Å². The number of aliphatic hydroxyl groups is 5. The van der Waals surface area contributed by atoms with Crippen molar-refractivity contribution in [2.24, 2.45) is 0 Å². The average Bonchev–Trinajstić information content (AvgIpc) is 3.23. The van der Waals surface area contributed by atoms with E-state index in [0.29, 0.717) is 12.8 Å². The van der Waals surface area contributed by atoms with Crippen LogP contribution in [0.4, 0.5) is 0 Å². The molecule has 1 aliphatic heterocycles. The molecule has 1 heterocycles. The van der Waals surface area contributed by atoms with Crippen LogP contribution in [0.1, 0.15) is 168 Å². The highest BCUT2D eigenvalue weighted by atomic mass is 16.7. The number of allylic oxidation sites excluding steroid dienone is 14. The molecular formula is C50H85NO8.